The van der Waals surface area contributed by atoms with Crippen LogP contribution < -0.4 is 9.46 Å². The van der Waals surface area contributed by atoms with E-state index in [1.54, 1.807) is 6.07 Å². The zero-order chi connectivity index (χ0) is 19.2. The van der Waals surface area contributed by atoms with Crippen LogP contribution in [0.4, 0.5) is 5.82 Å². The lowest BCUT2D eigenvalue weighted by molar-refractivity contribution is -0.142. The highest BCUT2D eigenvalue weighted by atomic mass is 32.2. The summed E-state index contributed by atoms with van der Waals surface area (Å²) in [6.07, 6.45) is 2.02. The number of benzene rings is 1. The zero-order valence-corrected chi connectivity index (χ0v) is 15.8. The Morgan fingerprint density at radius 1 is 1.31 bits per heavy atom. The van der Waals surface area contributed by atoms with Crippen molar-refractivity contribution in [3.05, 3.63) is 36.0 Å². The van der Waals surface area contributed by atoms with Gasteiger partial charge >= 0.3 is 5.97 Å². The second-order valence-corrected chi connectivity index (χ2v) is 7.52. The first-order valence-corrected chi connectivity index (χ1v) is 9.71. The van der Waals surface area contributed by atoms with Gasteiger partial charge in [0.25, 0.3) is 10.0 Å². The van der Waals surface area contributed by atoms with Gasteiger partial charge in [0, 0.05) is 11.8 Å². The van der Waals surface area contributed by atoms with Crippen molar-refractivity contribution in [3.63, 3.8) is 0 Å². The van der Waals surface area contributed by atoms with Crippen molar-refractivity contribution in [3.8, 4) is 5.75 Å². The van der Waals surface area contributed by atoms with Crippen LogP contribution >= 0.6 is 0 Å². The van der Waals surface area contributed by atoms with E-state index in [1.165, 1.54) is 31.4 Å². The number of anilines is 1. The third-order valence-electron chi connectivity index (χ3n) is 3.81. The molecule has 0 radical (unpaired) electrons. The van der Waals surface area contributed by atoms with Crippen molar-refractivity contribution in [2.24, 2.45) is 0 Å². The van der Waals surface area contributed by atoms with E-state index in [1.807, 2.05) is 0 Å². The summed E-state index contributed by atoms with van der Waals surface area (Å²) in [6.45, 7) is 3.91. The highest BCUT2D eigenvalue weighted by molar-refractivity contribution is 7.92. The molecule has 8 nitrogen and oxygen atoms in total. The van der Waals surface area contributed by atoms with Gasteiger partial charge in [-0.25, -0.2) is 13.2 Å². The van der Waals surface area contributed by atoms with E-state index in [0.717, 1.165) is 18.5 Å². The molecular weight excluding hydrogens is 358 g/mol. The minimum absolute atomic E-state index is 0.0640. The number of aromatic nitrogens is 2. The Kier molecular flexibility index (Phi) is 6.62. The Morgan fingerprint density at radius 3 is 2.62 bits per heavy atom. The molecule has 2 N–H and O–H groups in total. The standard InChI is InChI=1S/C17H23N3O5S/c1-4-5-12(2)15-10-16(19-18-15)20-26(22,23)14-8-6-13(7-9-14)25-11-17(21)24-3/h6-10,12H,4-5,11H2,1-3H3,(H2,18,19,20). The molecule has 26 heavy (non-hydrogen) atoms. The molecule has 1 unspecified atom stereocenters. The average molecular weight is 381 g/mol. The van der Waals surface area contributed by atoms with Gasteiger partial charge in [-0.05, 0) is 36.6 Å². The third kappa shape index (κ3) is 5.22. The first-order chi connectivity index (χ1) is 12.4. The molecule has 0 amide bonds. The number of sulfonamides is 1. The summed E-state index contributed by atoms with van der Waals surface area (Å²) >= 11 is 0. The molecular formula is C17H23N3O5S. The molecule has 0 saturated carbocycles. The molecule has 0 aliphatic carbocycles. The minimum atomic E-state index is -3.77. The number of aromatic amines is 1. The van der Waals surface area contributed by atoms with Crippen molar-refractivity contribution in [1.82, 2.24) is 10.2 Å². The molecule has 0 fully saturated rings. The van der Waals surface area contributed by atoms with Gasteiger partial charge in [0.1, 0.15) is 5.75 Å². The number of carbonyl (C=O) groups excluding carboxylic acids is 1. The number of carbonyl (C=O) groups is 1. The minimum Gasteiger partial charge on any atom is -0.482 e. The summed E-state index contributed by atoms with van der Waals surface area (Å²) in [5, 5.41) is 6.88. The zero-order valence-electron chi connectivity index (χ0n) is 15.0. The van der Waals surface area contributed by atoms with Gasteiger partial charge in [0.05, 0.1) is 12.0 Å². The van der Waals surface area contributed by atoms with E-state index >= 15 is 0 Å². The number of methoxy groups -OCH3 is 1. The van der Waals surface area contributed by atoms with Crippen molar-refractivity contribution < 1.29 is 22.7 Å². The summed E-state index contributed by atoms with van der Waals surface area (Å²) in [5.74, 6) is 0.366. The monoisotopic (exact) mass is 381 g/mol. The van der Waals surface area contributed by atoms with Crippen molar-refractivity contribution in [2.45, 2.75) is 37.5 Å². The SMILES string of the molecule is CCCC(C)c1cc(NS(=O)(=O)c2ccc(OCC(=O)OC)cc2)n[nH]1. The van der Waals surface area contributed by atoms with Gasteiger partial charge in [-0.15, -0.1) is 0 Å². The fourth-order valence-corrected chi connectivity index (χ4v) is 3.33. The second kappa shape index (κ2) is 8.70. The van der Waals surface area contributed by atoms with Gasteiger partial charge in [-0.3, -0.25) is 9.82 Å². The molecule has 2 rings (SSSR count). The van der Waals surface area contributed by atoms with Crippen LogP contribution in [0.5, 0.6) is 5.75 Å². The van der Waals surface area contributed by atoms with Crippen molar-refractivity contribution >= 4 is 21.8 Å². The van der Waals surface area contributed by atoms with Crippen LogP contribution in [-0.2, 0) is 19.6 Å². The Morgan fingerprint density at radius 2 is 2.00 bits per heavy atom. The quantitative estimate of drug-likeness (QED) is 0.646. The fourth-order valence-electron chi connectivity index (χ4n) is 2.34. The maximum atomic E-state index is 12.5. The van der Waals surface area contributed by atoms with Crippen LogP contribution in [0, 0.1) is 0 Å². The van der Waals surface area contributed by atoms with Gasteiger partial charge in [0.15, 0.2) is 12.4 Å². The number of hydrogen-bond acceptors (Lipinski definition) is 6. The van der Waals surface area contributed by atoms with E-state index in [2.05, 4.69) is 33.5 Å². The van der Waals surface area contributed by atoms with E-state index < -0.39 is 16.0 Å². The first kappa shape index (κ1) is 19.8. The fraction of sp³-hybridized carbons (Fsp3) is 0.412. The smallest absolute Gasteiger partial charge is 0.343 e. The molecule has 1 atom stereocenters. The molecule has 1 aromatic heterocycles. The lowest BCUT2D eigenvalue weighted by Crippen LogP contribution is -2.14. The molecule has 0 saturated heterocycles. The summed E-state index contributed by atoms with van der Waals surface area (Å²) in [4.78, 5) is 11.1. The first-order valence-electron chi connectivity index (χ1n) is 8.23. The molecule has 2 aromatic rings. The molecule has 0 spiro atoms. The number of H-pyrrole nitrogens is 1. The molecule has 0 bridgehead atoms. The maximum Gasteiger partial charge on any atom is 0.343 e. The Balaban J connectivity index is 2.04. The summed E-state index contributed by atoms with van der Waals surface area (Å²) in [5.41, 5.74) is 0.885. The normalized spacial score (nSPS) is 12.4. The average Bonchev–Trinajstić information content (AvgIpc) is 3.08. The van der Waals surface area contributed by atoms with Crippen LogP contribution in [0.2, 0.25) is 0 Å². The van der Waals surface area contributed by atoms with Crippen LogP contribution in [0.3, 0.4) is 0 Å². The van der Waals surface area contributed by atoms with Crippen LogP contribution in [0.15, 0.2) is 35.2 Å². The highest BCUT2D eigenvalue weighted by Gasteiger charge is 2.17. The predicted molar refractivity (Wildman–Crippen MR) is 96.7 cm³/mol. The number of nitrogens with zero attached hydrogens (tertiary/aromatic N) is 1. The largest absolute Gasteiger partial charge is 0.482 e. The highest BCUT2D eigenvalue weighted by Crippen LogP contribution is 2.23. The van der Waals surface area contributed by atoms with E-state index in [-0.39, 0.29) is 23.2 Å². The van der Waals surface area contributed by atoms with Crippen LogP contribution in [0.25, 0.3) is 0 Å². The summed E-state index contributed by atoms with van der Waals surface area (Å²) < 4.78 is 37.0. The molecule has 0 aliphatic heterocycles. The Bertz CT molecular complexity index is 830. The predicted octanol–water partition coefficient (Wildman–Crippen LogP) is 2.67. The molecule has 1 aromatic carbocycles. The maximum absolute atomic E-state index is 12.5. The van der Waals surface area contributed by atoms with Gasteiger partial charge in [0.2, 0.25) is 0 Å². The Labute approximate surface area is 153 Å². The van der Waals surface area contributed by atoms with E-state index in [0.29, 0.717) is 5.75 Å². The molecule has 142 valence electrons. The number of ether oxygens (including phenoxy) is 2. The number of nitrogens with one attached hydrogen (secondary N) is 2. The van der Waals surface area contributed by atoms with Gasteiger partial charge in [-0.1, -0.05) is 20.3 Å². The van der Waals surface area contributed by atoms with E-state index in [4.69, 9.17) is 4.74 Å². The third-order valence-corrected chi connectivity index (χ3v) is 5.18. The molecule has 9 heteroatoms. The van der Waals surface area contributed by atoms with Crippen LogP contribution in [-0.4, -0.2) is 38.3 Å². The van der Waals surface area contributed by atoms with Gasteiger partial charge < -0.3 is 9.47 Å². The molecule has 0 aliphatic rings. The van der Waals surface area contributed by atoms with Crippen LogP contribution in [0.1, 0.15) is 38.3 Å². The lowest BCUT2D eigenvalue weighted by Gasteiger charge is -2.08. The second-order valence-electron chi connectivity index (χ2n) is 5.84. The van der Waals surface area contributed by atoms with Gasteiger partial charge in [-0.2, -0.15) is 5.10 Å². The summed E-state index contributed by atoms with van der Waals surface area (Å²) in [6, 6.07) is 7.42. The Hall–Kier alpha value is -2.55. The number of esters is 1. The lowest BCUT2D eigenvalue weighted by atomic mass is 10.0. The molecule has 1 heterocycles. The number of rotatable bonds is 9. The number of hydrogen-bond donors (Lipinski definition) is 2. The van der Waals surface area contributed by atoms with Crippen molar-refractivity contribution in [1.29, 1.82) is 0 Å². The topological polar surface area (TPSA) is 110 Å². The van der Waals surface area contributed by atoms with E-state index in [9.17, 15) is 13.2 Å². The summed E-state index contributed by atoms with van der Waals surface area (Å²) in [7, 11) is -2.51. The van der Waals surface area contributed by atoms with Crippen molar-refractivity contribution in [2.75, 3.05) is 18.4 Å².